The summed E-state index contributed by atoms with van der Waals surface area (Å²) in [5.74, 6) is -1.72. The van der Waals surface area contributed by atoms with Gasteiger partial charge in [0.1, 0.15) is 23.9 Å². The van der Waals surface area contributed by atoms with E-state index in [1.54, 1.807) is 59.1 Å². The van der Waals surface area contributed by atoms with Crippen molar-refractivity contribution in [2.75, 3.05) is 22.5 Å². The highest BCUT2D eigenvalue weighted by Crippen LogP contribution is 2.44. The van der Waals surface area contributed by atoms with Crippen molar-refractivity contribution in [3.05, 3.63) is 144 Å². The predicted octanol–water partition coefficient (Wildman–Crippen LogP) is 9.45. The van der Waals surface area contributed by atoms with E-state index in [1.165, 1.54) is 12.4 Å². The van der Waals surface area contributed by atoms with Crippen LogP contribution in [-0.2, 0) is 24.4 Å². The number of nitrogens with one attached hydrogen (secondary N) is 6. The molecule has 0 radical (unpaired) electrons. The van der Waals surface area contributed by atoms with Gasteiger partial charge in [0.15, 0.2) is 11.6 Å². The minimum Gasteiger partial charge on any atom is -0.473 e. The fourth-order valence-electron chi connectivity index (χ4n) is 8.80. The van der Waals surface area contributed by atoms with Crippen molar-refractivity contribution in [3.63, 3.8) is 0 Å². The van der Waals surface area contributed by atoms with E-state index in [9.17, 15) is 18.4 Å². The molecule has 0 atom stereocenters. The lowest BCUT2D eigenvalue weighted by molar-refractivity contribution is -0.160. The second-order valence-corrected chi connectivity index (χ2v) is 18.5. The van der Waals surface area contributed by atoms with Gasteiger partial charge in [-0.15, -0.1) is 11.3 Å². The Morgan fingerprint density at radius 1 is 0.789 bits per heavy atom. The quantitative estimate of drug-likeness (QED) is 0.0633. The van der Waals surface area contributed by atoms with Crippen LogP contribution in [0.2, 0.25) is 0 Å². The zero-order valence-electron chi connectivity index (χ0n) is 37.3. The first-order chi connectivity index (χ1) is 34.6. The molecule has 8 heterocycles. The number of benzene rings is 3. The average molecular weight is 968 g/mol. The molecule has 18 nitrogen and oxygen atoms in total. The smallest absolute Gasteiger partial charge is 0.272 e. The first-order valence-corrected chi connectivity index (χ1v) is 23.4. The Kier molecular flexibility index (Phi) is 10.9. The Bertz CT molecular complexity index is 3630. The molecule has 1 aliphatic heterocycles. The van der Waals surface area contributed by atoms with Gasteiger partial charge in [-0.1, -0.05) is 18.2 Å². The van der Waals surface area contributed by atoms with Crippen molar-refractivity contribution < 1.29 is 23.1 Å². The topological polar surface area (TPSA) is 233 Å². The zero-order chi connectivity index (χ0) is 48.1. The van der Waals surface area contributed by atoms with Crippen LogP contribution in [0.25, 0.3) is 55.0 Å². The number of carbonyl (C=O) groups is 2. The number of aromatic nitrogens is 11. The molecule has 1 aliphatic carbocycles. The van der Waals surface area contributed by atoms with E-state index in [0.29, 0.717) is 65.3 Å². The monoisotopic (exact) mass is 967 g/mol. The number of rotatable bonds is 13. The first kappa shape index (κ1) is 43.3. The van der Waals surface area contributed by atoms with E-state index in [1.807, 2.05) is 66.9 Å². The molecule has 12 rings (SSSR count). The number of alkyl halides is 2. The summed E-state index contributed by atoms with van der Waals surface area (Å²) < 4.78 is 33.7. The summed E-state index contributed by atoms with van der Waals surface area (Å²) in [4.78, 5) is 52.4. The Labute approximate surface area is 405 Å². The lowest BCUT2D eigenvalue weighted by atomic mass is 9.80. The summed E-state index contributed by atoms with van der Waals surface area (Å²) in [6.45, 7) is 0.943. The molecule has 352 valence electrons. The molecule has 1 saturated carbocycles. The third-order valence-corrected chi connectivity index (χ3v) is 13.7. The highest BCUT2D eigenvalue weighted by Gasteiger charge is 2.50. The fourth-order valence-corrected chi connectivity index (χ4v) is 9.90. The Morgan fingerprint density at radius 3 is 2.55 bits per heavy atom. The number of thiophene rings is 1. The van der Waals surface area contributed by atoms with Crippen LogP contribution in [-0.4, -0.2) is 84.7 Å². The van der Waals surface area contributed by atoms with E-state index in [2.05, 4.69) is 56.5 Å². The van der Waals surface area contributed by atoms with Gasteiger partial charge in [0, 0.05) is 99.5 Å². The number of nitrogens with zero attached hydrogens (tertiary/aromatic N) is 9. The van der Waals surface area contributed by atoms with Crippen molar-refractivity contribution in [2.24, 2.45) is 5.92 Å². The first-order valence-electron chi connectivity index (χ1n) is 22.6. The number of hydrogen-bond donors (Lipinski definition) is 6. The summed E-state index contributed by atoms with van der Waals surface area (Å²) in [5.41, 5.74) is 8.19. The molecule has 0 unspecified atom stereocenters. The summed E-state index contributed by atoms with van der Waals surface area (Å²) in [6.07, 6.45) is 9.85. The minimum atomic E-state index is -2.75. The molecular weight excluding hydrogens is 929 g/mol. The molecule has 2 amide bonds. The molecule has 6 N–H and O–H groups in total. The predicted molar refractivity (Wildman–Crippen MR) is 262 cm³/mol. The number of carbonyl (C=O) groups excluding carboxylic acids is 2. The van der Waals surface area contributed by atoms with Crippen molar-refractivity contribution in [1.29, 1.82) is 0 Å². The molecule has 0 bridgehead atoms. The van der Waals surface area contributed by atoms with Crippen LogP contribution in [0.1, 0.15) is 39.3 Å². The van der Waals surface area contributed by atoms with Gasteiger partial charge in [-0.3, -0.25) is 19.8 Å². The summed E-state index contributed by atoms with van der Waals surface area (Å²) >= 11 is 1.58. The number of H-pyrrole nitrogens is 3. The number of halogens is 2. The lowest BCUT2D eigenvalue weighted by Crippen LogP contribution is -2.47. The molecule has 2 aliphatic rings. The van der Waals surface area contributed by atoms with Gasteiger partial charge in [0.05, 0.1) is 40.9 Å². The number of hydrogen-bond acceptors (Lipinski definition) is 14. The molecular formula is C50H39F2N15O3S. The van der Waals surface area contributed by atoms with Crippen molar-refractivity contribution in [3.8, 4) is 39.1 Å². The van der Waals surface area contributed by atoms with Gasteiger partial charge in [-0.05, 0) is 78.2 Å². The molecule has 3 aromatic carbocycles. The van der Waals surface area contributed by atoms with Gasteiger partial charge >= 0.3 is 0 Å². The highest BCUT2D eigenvalue weighted by atomic mass is 32.1. The molecule has 71 heavy (non-hydrogen) atoms. The van der Waals surface area contributed by atoms with Crippen LogP contribution in [0.15, 0.2) is 122 Å². The summed E-state index contributed by atoms with van der Waals surface area (Å²) in [6, 6.07) is 26.4. The van der Waals surface area contributed by atoms with Gasteiger partial charge in [0.25, 0.3) is 5.91 Å². The fraction of sp³-hybridized carbons (Fsp3) is 0.160. The van der Waals surface area contributed by atoms with Crippen molar-refractivity contribution in [1.82, 2.24) is 60.4 Å². The zero-order valence-corrected chi connectivity index (χ0v) is 38.1. The minimum absolute atomic E-state index is 0.0787. The summed E-state index contributed by atoms with van der Waals surface area (Å²) in [7, 11) is 0. The van der Waals surface area contributed by atoms with Gasteiger partial charge in [-0.2, -0.15) is 25.4 Å². The Balaban J connectivity index is 0.825. The largest absolute Gasteiger partial charge is 0.473 e. The number of amides is 2. The summed E-state index contributed by atoms with van der Waals surface area (Å²) in [5, 5.41) is 33.3. The number of fused-ring (bicyclic) bond motifs is 3. The van der Waals surface area contributed by atoms with Crippen molar-refractivity contribution in [2.45, 2.75) is 38.3 Å². The van der Waals surface area contributed by atoms with Crippen LogP contribution in [0.5, 0.6) is 5.88 Å². The maximum atomic E-state index is 13.6. The Hall–Kier alpha value is -8.98. The van der Waals surface area contributed by atoms with E-state index in [0.717, 1.165) is 59.7 Å². The average Bonchev–Trinajstić information content (AvgIpc) is 4.23. The van der Waals surface area contributed by atoms with Crippen LogP contribution >= 0.6 is 11.3 Å². The second kappa shape index (κ2) is 17.8. The Morgan fingerprint density at radius 2 is 1.69 bits per heavy atom. The SMILES string of the molecule is O=C(Nc1ccnnc1)c1cc2ccc(-c3nc(Nc4ccc5[nH]ncc5c4)cc(OCc4cc(-c5cn[nH]c5)ccc4Nc4ccnc(-c5cc6c(s5)CCN(C(=O)C5CC(F)(F)C5)C6)n4)n3)cc2[nH]1. The number of ether oxygens (including phenoxy) is 1. The molecule has 0 saturated heterocycles. The lowest BCUT2D eigenvalue weighted by Gasteiger charge is -2.38. The van der Waals surface area contributed by atoms with Gasteiger partial charge in [0.2, 0.25) is 17.7 Å². The molecule has 21 heteroatoms. The van der Waals surface area contributed by atoms with E-state index in [4.69, 9.17) is 19.7 Å². The van der Waals surface area contributed by atoms with E-state index in [-0.39, 0.29) is 37.1 Å². The second-order valence-electron chi connectivity index (χ2n) is 17.4. The van der Waals surface area contributed by atoms with Gasteiger partial charge in [-0.25, -0.2) is 23.7 Å². The van der Waals surface area contributed by atoms with Crippen LogP contribution in [0.3, 0.4) is 0 Å². The maximum Gasteiger partial charge on any atom is 0.272 e. The van der Waals surface area contributed by atoms with E-state index < -0.39 is 11.8 Å². The van der Waals surface area contributed by atoms with Crippen LogP contribution in [0, 0.1) is 5.92 Å². The highest BCUT2D eigenvalue weighted by molar-refractivity contribution is 7.15. The van der Waals surface area contributed by atoms with Gasteiger partial charge < -0.3 is 30.6 Å². The number of aromatic amines is 3. The van der Waals surface area contributed by atoms with Crippen molar-refractivity contribution >= 4 is 73.7 Å². The molecule has 7 aromatic heterocycles. The normalized spacial score (nSPS) is 14.3. The van der Waals surface area contributed by atoms with Crippen LogP contribution in [0.4, 0.5) is 37.5 Å². The number of anilines is 5. The standard InChI is InChI=1S/C50H39F2N15O3S/c51-50(52)19-33(20-50)49(69)67-12-9-41-31(25-67)17-42(71-41)47-53-10-8-43(63-47)62-37-5-3-27(34-22-55-56-23-34)13-32(37)26-70-45-18-44(59-35-4-6-38-30(14-35)21-58-66-38)64-46(65-45)29-2-1-28-15-40(61-39(28)16-29)48(68)60-36-7-11-54-57-24-36/h1-8,10-11,13-18,21-24,33,61H,9,12,19-20,25-26H2,(H,55,56)(H,58,66)(H,53,62,63)(H,54,60,68)(H,59,64,65). The third kappa shape index (κ3) is 9.08. The molecule has 0 spiro atoms. The van der Waals surface area contributed by atoms with Crippen LogP contribution < -0.4 is 20.7 Å². The van der Waals surface area contributed by atoms with E-state index >= 15 is 0 Å². The third-order valence-electron chi connectivity index (χ3n) is 12.5. The maximum absolute atomic E-state index is 13.6. The molecule has 10 aromatic rings. The molecule has 1 fully saturated rings.